The number of nitrogens with zero attached hydrogens (tertiary/aromatic N) is 5. The normalized spacial score (nSPS) is 15.4. The Morgan fingerprint density at radius 3 is 2.30 bits per heavy atom. The molecule has 3 heterocycles. The maximum atomic E-state index is 13.9. The zero-order chi connectivity index (χ0) is 15.8. The third kappa shape index (κ3) is 2.48. The van der Waals surface area contributed by atoms with E-state index in [0.717, 1.165) is 17.5 Å². The fourth-order valence-corrected chi connectivity index (χ4v) is 2.96. The summed E-state index contributed by atoms with van der Waals surface area (Å²) in [7, 11) is 0. The van der Waals surface area contributed by atoms with Gasteiger partial charge in [-0.1, -0.05) is 0 Å². The number of benzene rings is 1. The van der Waals surface area contributed by atoms with Gasteiger partial charge < -0.3 is 14.2 Å². The second-order valence-corrected chi connectivity index (χ2v) is 5.48. The minimum atomic E-state index is -0.555. The maximum Gasteiger partial charge on any atom is 0.180 e. The molecule has 118 valence electrons. The largest absolute Gasteiger partial charge is 0.366 e. The van der Waals surface area contributed by atoms with Crippen LogP contribution < -0.4 is 9.80 Å². The number of imidazole rings is 1. The van der Waals surface area contributed by atoms with Crippen molar-refractivity contribution in [2.24, 2.45) is 0 Å². The summed E-state index contributed by atoms with van der Waals surface area (Å²) in [5.41, 5.74) is 1.26. The van der Waals surface area contributed by atoms with Crippen LogP contribution in [0.3, 0.4) is 0 Å². The fraction of sp³-hybridized carbons (Fsp3) is 0.250. The van der Waals surface area contributed by atoms with Gasteiger partial charge in [-0.3, -0.25) is 0 Å². The van der Waals surface area contributed by atoms with Crippen LogP contribution in [0.1, 0.15) is 0 Å². The summed E-state index contributed by atoms with van der Waals surface area (Å²) in [5, 5.41) is 0. The van der Waals surface area contributed by atoms with E-state index in [9.17, 15) is 8.78 Å². The third-order valence-corrected chi connectivity index (χ3v) is 4.12. The topological polar surface area (TPSA) is 36.7 Å². The Morgan fingerprint density at radius 1 is 0.870 bits per heavy atom. The molecule has 5 nitrogen and oxygen atoms in total. The lowest BCUT2D eigenvalue weighted by Crippen LogP contribution is -2.47. The highest BCUT2D eigenvalue weighted by Gasteiger charge is 2.22. The van der Waals surface area contributed by atoms with Crippen molar-refractivity contribution in [3.63, 3.8) is 0 Å². The second-order valence-electron chi connectivity index (χ2n) is 5.48. The summed E-state index contributed by atoms with van der Waals surface area (Å²) in [6.07, 6.45) is 7.22. The highest BCUT2D eigenvalue weighted by Crippen LogP contribution is 2.24. The second kappa shape index (κ2) is 5.49. The summed E-state index contributed by atoms with van der Waals surface area (Å²) in [4.78, 5) is 12.8. The summed E-state index contributed by atoms with van der Waals surface area (Å²) in [6.45, 7) is 2.70. The highest BCUT2D eigenvalue weighted by atomic mass is 19.1. The van der Waals surface area contributed by atoms with Crippen LogP contribution in [0.2, 0.25) is 0 Å². The van der Waals surface area contributed by atoms with Crippen molar-refractivity contribution in [2.45, 2.75) is 0 Å². The van der Waals surface area contributed by atoms with Crippen LogP contribution in [-0.4, -0.2) is 40.5 Å². The Bertz CT molecular complexity index is 839. The van der Waals surface area contributed by atoms with E-state index in [1.54, 1.807) is 12.4 Å². The molecule has 0 atom stereocenters. The first kappa shape index (κ1) is 13.9. The first-order valence-corrected chi connectivity index (χ1v) is 7.45. The van der Waals surface area contributed by atoms with Crippen LogP contribution in [0.15, 0.2) is 43.0 Å². The summed E-state index contributed by atoms with van der Waals surface area (Å²) >= 11 is 0. The standard InChI is InChI=1S/C16H15F2N5/c17-12-1-2-14(13(18)11-12)21-7-9-23(10-8-21)16-15-19-3-5-22(15)6-4-20-16/h1-6,11H,7-10H2. The van der Waals surface area contributed by atoms with Crippen LogP contribution in [0.5, 0.6) is 0 Å². The molecule has 4 rings (SSSR count). The van der Waals surface area contributed by atoms with Crippen molar-refractivity contribution in [1.82, 2.24) is 14.4 Å². The molecular formula is C16H15F2N5. The van der Waals surface area contributed by atoms with Gasteiger partial charge in [0.2, 0.25) is 0 Å². The molecule has 3 aromatic rings. The minimum absolute atomic E-state index is 0.443. The van der Waals surface area contributed by atoms with E-state index in [-0.39, 0.29) is 0 Å². The zero-order valence-corrected chi connectivity index (χ0v) is 12.4. The van der Waals surface area contributed by atoms with Crippen LogP contribution in [0, 0.1) is 11.6 Å². The number of rotatable bonds is 2. The van der Waals surface area contributed by atoms with Crippen molar-refractivity contribution in [3.05, 3.63) is 54.6 Å². The smallest absolute Gasteiger partial charge is 0.180 e. The number of anilines is 2. The molecule has 0 spiro atoms. The molecule has 1 aliphatic rings. The van der Waals surface area contributed by atoms with Gasteiger partial charge in [-0.25, -0.2) is 18.7 Å². The molecule has 0 amide bonds. The van der Waals surface area contributed by atoms with Gasteiger partial charge >= 0.3 is 0 Å². The van der Waals surface area contributed by atoms with Crippen LogP contribution in [0.4, 0.5) is 20.3 Å². The number of fused-ring (bicyclic) bond motifs is 1. The molecule has 2 aromatic heterocycles. The van der Waals surface area contributed by atoms with Crippen molar-refractivity contribution in [1.29, 1.82) is 0 Å². The van der Waals surface area contributed by atoms with E-state index < -0.39 is 11.6 Å². The van der Waals surface area contributed by atoms with Crippen LogP contribution in [0.25, 0.3) is 5.65 Å². The fourth-order valence-electron chi connectivity index (χ4n) is 2.96. The predicted octanol–water partition coefficient (Wildman–Crippen LogP) is 2.33. The van der Waals surface area contributed by atoms with Crippen molar-refractivity contribution in [2.75, 3.05) is 36.0 Å². The minimum Gasteiger partial charge on any atom is -0.366 e. The van der Waals surface area contributed by atoms with E-state index in [1.807, 2.05) is 21.7 Å². The lowest BCUT2D eigenvalue weighted by Gasteiger charge is -2.36. The molecule has 1 saturated heterocycles. The monoisotopic (exact) mass is 315 g/mol. The average molecular weight is 315 g/mol. The van der Waals surface area contributed by atoms with Gasteiger partial charge in [-0.15, -0.1) is 0 Å². The Kier molecular flexibility index (Phi) is 3.33. The average Bonchev–Trinajstić information content (AvgIpc) is 3.04. The zero-order valence-electron chi connectivity index (χ0n) is 12.4. The number of aromatic nitrogens is 3. The van der Waals surface area contributed by atoms with Gasteiger partial charge in [0.15, 0.2) is 11.5 Å². The van der Waals surface area contributed by atoms with Gasteiger partial charge in [-0.05, 0) is 12.1 Å². The van der Waals surface area contributed by atoms with E-state index in [2.05, 4.69) is 14.9 Å². The quantitative estimate of drug-likeness (QED) is 0.727. The van der Waals surface area contributed by atoms with Crippen molar-refractivity contribution in [3.8, 4) is 0 Å². The maximum absolute atomic E-state index is 13.9. The van der Waals surface area contributed by atoms with E-state index in [0.29, 0.717) is 31.9 Å². The number of hydrogen-bond donors (Lipinski definition) is 0. The molecule has 1 fully saturated rings. The molecule has 0 radical (unpaired) electrons. The lowest BCUT2D eigenvalue weighted by molar-refractivity contribution is 0.570. The third-order valence-electron chi connectivity index (χ3n) is 4.12. The summed E-state index contributed by atoms with van der Waals surface area (Å²) in [5.74, 6) is -0.247. The van der Waals surface area contributed by atoms with Gasteiger partial charge in [0.25, 0.3) is 0 Å². The molecule has 1 aliphatic heterocycles. The molecule has 0 N–H and O–H groups in total. The summed E-state index contributed by atoms with van der Waals surface area (Å²) in [6, 6.07) is 3.71. The number of halogens is 2. The van der Waals surface area contributed by atoms with Gasteiger partial charge in [0.05, 0.1) is 5.69 Å². The molecule has 0 unspecified atom stereocenters. The Balaban J connectivity index is 1.54. The van der Waals surface area contributed by atoms with Gasteiger partial charge in [0.1, 0.15) is 11.6 Å². The van der Waals surface area contributed by atoms with Crippen molar-refractivity contribution < 1.29 is 8.78 Å². The summed E-state index contributed by atoms with van der Waals surface area (Å²) < 4.78 is 28.9. The van der Waals surface area contributed by atoms with Crippen LogP contribution in [-0.2, 0) is 0 Å². The molecule has 7 heteroatoms. The Labute approximate surface area is 131 Å². The first-order valence-electron chi connectivity index (χ1n) is 7.45. The number of piperazine rings is 1. The molecule has 0 bridgehead atoms. The molecule has 0 saturated carbocycles. The first-order chi connectivity index (χ1) is 11.2. The Morgan fingerprint density at radius 2 is 1.57 bits per heavy atom. The molecule has 23 heavy (non-hydrogen) atoms. The van der Waals surface area contributed by atoms with Gasteiger partial charge in [-0.2, -0.15) is 0 Å². The lowest BCUT2D eigenvalue weighted by atomic mass is 10.2. The molecular weight excluding hydrogens is 300 g/mol. The van der Waals surface area contributed by atoms with Gasteiger partial charge in [0, 0.05) is 57.0 Å². The van der Waals surface area contributed by atoms with E-state index >= 15 is 0 Å². The SMILES string of the molecule is Fc1ccc(N2CCN(c3nccn4ccnc34)CC2)c(F)c1. The molecule has 0 aliphatic carbocycles. The predicted molar refractivity (Wildman–Crippen MR) is 83.8 cm³/mol. The number of hydrogen-bond acceptors (Lipinski definition) is 4. The van der Waals surface area contributed by atoms with E-state index in [1.165, 1.54) is 12.1 Å². The van der Waals surface area contributed by atoms with Crippen molar-refractivity contribution >= 4 is 17.2 Å². The molecule has 1 aromatic carbocycles. The van der Waals surface area contributed by atoms with E-state index in [4.69, 9.17) is 0 Å². The van der Waals surface area contributed by atoms with Crippen LogP contribution >= 0.6 is 0 Å². The highest BCUT2D eigenvalue weighted by molar-refractivity contribution is 5.64. The Hall–Kier alpha value is -2.70.